The van der Waals surface area contributed by atoms with Crippen molar-refractivity contribution in [2.45, 2.75) is 11.7 Å². The van der Waals surface area contributed by atoms with Crippen molar-refractivity contribution in [2.75, 3.05) is 38.9 Å². The minimum Gasteiger partial charge on any atom is -0.493 e. The first-order valence-corrected chi connectivity index (χ1v) is 8.13. The van der Waals surface area contributed by atoms with Gasteiger partial charge in [0.25, 0.3) is 0 Å². The van der Waals surface area contributed by atoms with Crippen molar-refractivity contribution < 1.29 is 23.8 Å². The highest BCUT2D eigenvalue weighted by atomic mass is 32.2. The second-order valence-corrected chi connectivity index (χ2v) is 6.13. The predicted molar refractivity (Wildman–Crippen MR) is 88.6 cm³/mol. The largest absolute Gasteiger partial charge is 0.493 e. The Bertz CT molecular complexity index is 568. The van der Waals surface area contributed by atoms with Crippen LogP contribution in [0.1, 0.15) is 6.42 Å². The molecular formula is C15H20N2O5S. The summed E-state index contributed by atoms with van der Waals surface area (Å²) in [6.45, 7) is 0.647. The van der Waals surface area contributed by atoms with Gasteiger partial charge in [0.15, 0.2) is 11.5 Å². The Balaban J connectivity index is 2.09. The van der Waals surface area contributed by atoms with Crippen molar-refractivity contribution in [2.24, 2.45) is 0 Å². The summed E-state index contributed by atoms with van der Waals surface area (Å²) in [7, 11) is 4.52. The third kappa shape index (κ3) is 4.22. The van der Waals surface area contributed by atoms with Crippen molar-refractivity contribution in [3.05, 3.63) is 12.1 Å². The van der Waals surface area contributed by atoms with Crippen LogP contribution in [-0.2, 0) is 9.59 Å². The number of benzene rings is 1. The van der Waals surface area contributed by atoms with Crippen LogP contribution in [0.3, 0.4) is 0 Å². The van der Waals surface area contributed by atoms with Crippen LogP contribution in [0.25, 0.3) is 0 Å². The zero-order valence-electron chi connectivity index (χ0n) is 13.3. The molecule has 0 aliphatic carbocycles. The van der Waals surface area contributed by atoms with E-state index in [0.29, 0.717) is 29.5 Å². The summed E-state index contributed by atoms with van der Waals surface area (Å²) in [5.74, 6) is 1.83. The number of carbonyl (C=O) groups is 2. The summed E-state index contributed by atoms with van der Waals surface area (Å²) in [6.07, 6.45) is 0.118. The van der Waals surface area contributed by atoms with E-state index < -0.39 is 0 Å². The van der Waals surface area contributed by atoms with Crippen LogP contribution in [0.15, 0.2) is 12.1 Å². The fraction of sp³-hybridized carbons (Fsp3) is 0.467. The van der Waals surface area contributed by atoms with E-state index in [1.54, 1.807) is 12.1 Å². The highest BCUT2D eigenvalue weighted by Gasteiger charge is 2.25. The van der Waals surface area contributed by atoms with Gasteiger partial charge < -0.3 is 24.8 Å². The van der Waals surface area contributed by atoms with E-state index in [-0.39, 0.29) is 23.5 Å². The maximum absolute atomic E-state index is 12.2. The van der Waals surface area contributed by atoms with E-state index in [2.05, 4.69) is 10.6 Å². The second-order valence-electron chi connectivity index (χ2n) is 4.82. The molecule has 8 heteroatoms. The van der Waals surface area contributed by atoms with Crippen molar-refractivity contribution >= 4 is 29.3 Å². The molecule has 126 valence electrons. The van der Waals surface area contributed by atoms with E-state index in [1.807, 2.05) is 0 Å². The van der Waals surface area contributed by atoms with Crippen molar-refractivity contribution in [3.8, 4) is 17.2 Å². The van der Waals surface area contributed by atoms with Crippen LogP contribution in [0.2, 0.25) is 0 Å². The summed E-state index contributed by atoms with van der Waals surface area (Å²) in [5.41, 5.74) is 0.519. The standard InChI is InChI=1S/C15H20N2O5S/c1-20-10-6-9(7-11(21-2)14(10)22-3)17-13(18)8-12-15(19)16-4-5-23-12/h6-7,12H,4-5,8H2,1-3H3,(H,16,19)(H,17,18). The molecule has 1 aromatic carbocycles. The lowest BCUT2D eigenvalue weighted by Crippen LogP contribution is -2.40. The number of thioether (sulfide) groups is 1. The average Bonchev–Trinajstić information content (AvgIpc) is 2.55. The summed E-state index contributed by atoms with van der Waals surface area (Å²) in [6, 6.07) is 3.29. The molecule has 1 aliphatic rings. The number of carbonyl (C=O) groups excluding carboxylic acids is 2. The zero-order chi connectivity index (χ0) is 16.8. The summed E-state index contributed by atoms with van der Waals surface area (Å²) < 4.78 is 15.7. The number of ether oxygens (including phenoxy) is 3. The van der Waals surface area contributed by atoms with E-state index >= 15 is 0 Å². The molecule has 1 heterocycles. The van der Waals surface area contributed by atoms with E-state index in [1.165, 1.54) is 33.1 Å². The van der Waals surface area contributed by atoms with Gasteiger partial charge in [0, 0.05) is 36.5 Å². The molecule has 1 fully saturated rings. The topological polar surface area (TPSA) is 85.9 Å². The molecule has 2 rings (SSSR count). The van der Waals surface area contributed by atoms with E-state index in [0.717, 1.165) is 5.75 Å². The molecule has 1 aliphatic heterocycles. The molecule has 1 saturated heterocycles. The first kappa shape index (κ1) is 17.3. The van der Waals surface area contributed by atoms with Gasteiger partial charge in [-0.3, -0.25) is 9.59 Å². The average molecular weight is 340 g/mol. The SMILES string of the molecule is COc1cc(NC(=O)CC2SCCNC2=O)cc(OC)c1OC. The van der Waals surface area contributed by atoms with Crippen LogP contribution in [0, 0.1) is 0 Å². The molecule has 7 nitrogen and oxygen atoms in total. The third-order valence-electron chi connectivity index (χ3n) is 3.33. The molecule has 1 unspecified atom stereocenters. The Hall–Kier alpha value is -2.09. The Morgan fingerprint density at radius 1 is 1.26 bits per heavy atom. The first-order chi connectivity index (χ1) is 11.1. The van der Waals surface area contributed by atoms with Gasteiger partial charge in [-0.2, -0.15) is 0 Å². The molecule has 0 radical (unpaired) electrons. The van der Waals surface area contributed by atoms with Gasteiger partial charge in [0.2, 0.25) is 17.6 Å². The normalized spacial score (nSPS) is 17.2. The van der Waals surface area contributed by atoms with Gasteiger partial charge in [-0.1, -0.05) is 0 Å². The fourth-order valence-corrected chi connectivity index (χ4v) is 3.26. The summed E-state index contributed by atoms with van der Waals surface area (Å²) >= 11 is 1.49. The van der Waals surface area contributed by atoms with Crippen molar-refractivity contribution in [3.63, 3.8) is 0 Å². The molecule has 0 aromatic heterocycles. The Kier molecular flexibility index (Phi) is 5.97. The van der Waals surface area contributed by atoms with Gasteiger partial charge in [-0.25, -0.2) is 0 Å². The number of anilines is 1. The van der Waals surface area contributed by atoms with Gasteiger partial charge in [0.05, 0.1) is 26.6 Å². The van der Waals surface area contributed by atoms with E-state index in [4.69, 9.17) is 14.2 Å². The van der Waals surface area contributed by atoms with Crippen LogP contribution in [0.5, 0.6) is 17.2 Å². The third-order valence-corrected chi connectivity index (χ3v) is 4.55. The lowest BCUT2D eigenvalue weighted by molar-refractivity contribution is -0.123. The van der Waals surface area contributed by atoms with Gasteiger partial charge in [0.1, 0.15) is 0 Å². The number of nitrogens with one attached hydrogen (secondary N) is 2. The molecule has 0 bridgehead atoms. The van der Waals surface area contributed by atoms with Crippen LogP contribution >= 0.6 is 11.8 Å². The Morgan fingerprint density at radius 3 is 2.43 bits per heavy atom. The monoisotopic (exact) mass is 340 g/mol. The fourth-order valence-electron chi connectivity index (χ4n) is 2.25. The number of hydrogen-bond donors (Lipinski definition) is 2. The molecule has 0 spiro atoms. The van der Waals surface area contributed by atoms with Gasteiger partial charge >= 0.3 is 0 Å². The van der Waals surface area contributed by atoms with Crippen LogP contribution in [-0.4, -0.2) is 50.7 Å². The number of amides is 2. The zero-order valence-corrected chi connectivity index (χ0v) is 14.1. The van der Waals surface area contributed by atoms with Crippen molar-refractivity contribution in [1.82, 2.24) is 5.32 Å². The Morgan fingerprint density at radius 2 is 1.91 bits per heavy atom. The quantitative estimate of drug-likeness (QED) is 0.811. The van der Waals surface area contributed by atoms with Crippen molar-refractivity contribution in [1.29, 1.82) is 0 Å². The highest BCUT2D eigenvalue weighted by Crippen LogP contribution is 2.40. The molecular weight excluding hydrogens is 320 g/mol. The minimum absolute atomic E-state index is 0.0960. The van der Waals surface area contributed by atoms with Gasteiger partial charge in [-0.05, 0) is 0 Å². The summed E-state index contributed by atoms with van der Waals surface area (Å²) in [4.78, 5) is 23.9. The lowest BCUT2D eigenvalue weighted by Gasteiger charge is -2.21. The van der Waals surface area contributed by atoms with Crippen LogP contribution in [0.4, 0.5) is 5.69 Å². The maximum atomic E-state index is 12.2. The smallest absolute Gasteiger partial charge is 0.233 e. The Labute approximate surface area is 139 Å². The highest BCUT2D eigenvalue weighted by molar-refractivity contribution is 8.00. The molecule has 2 amide bonds. The molecule has 23 heavy (non-hydrogen) atoms. The second kappa shape index (κ2) is 7.96. The molecule has 1 atom stereocenters. The number of hydrogen-bond acceptors (Lipinski definition) is 6. The number of methoxy groups -OCH3 is 3. The number of rotatable bonds is 6. The maximum Gasteiger partial charge on any atom is 0.233 e. The molecule has 1 aromatic rings. The first-order valence-electron chi connectivity index (χ1n) is 7.08. The summed E-state index contributed by atoms with van der Waals surface area (Å²) in [5, 5.41) is 5.16. The predicted octanol–water partition coefficient (Wildman–Crippen LogP) is 1.27. The van der Waals surface area contributed by atoms with Crippen LogP contribution < -0.4 is 24.8 Å². The molecule has 2 N–H and O–H groups in total. The van der Waals surface area contributed by atoms with Gasteiger partial charge in [-0.15, -0.1) is 11.8 Å². The lowest BCUT2D eigenvalue weighted by atomic mass is 10.2. The van der Waals surface area contributed by atoms with E-state index in [9.17, 15) is 9.59 Å². The minimum atomic E-state index is -0.356. The molecule has 0 saturated carbocycles.